The van der Waals surface area contributed by atoms with E-state index in [9.17, 15) is 17.2 Å². The number of halogens is 3. The van der Waals surface area contributed by atoms with Crippen molar-refractivity contribution in [2.24, 2.45) is 10.9 Å². The van der Waals surface area contributed by atoms with Crippen molar-refractivity contribution in [3.63, 3.8) is 0 Å². The highest BCUT2D eigenvalue weighted by Gasteiger charge is 2.23. The van der Waals surface area contributed by atoms with E-state index in [0.29, 0.717) is 44.6 Å². The molecule has 0 aromatic heterocycles. The third-order valence-corrected chi connectivity index (χ3v) is 6.86. The van der Waals surface area contributed by atoms with Crippen LogP contribution in [0.15, 0.2) is 23.2 Å². The zero-order chi connectivity index (χ0) is 20.9. The van der Waals surface area contributed by atoms with E-state index >= 15 is 0 Å². The molecule has 0 amide bonds. The number of hydrogen-bond donors (Lipinski definition) is 2. The van der Waals surface area contributed by atoms with E-state index in [1.165, 1.54) is 12.5 Å². The lowest BCUT2D eigenvalue weighted by atomic mass is 9.86. The highest BCUT2D eigenvalue weighted by Crippen LogP contribution is 2.25. The second-order valence-corrected chi connectivity index (χ2v) is 9.43. The van der Waals surface area contributed by atoms with Crippen molar-refractivity contribution < 1.29 is 17.2 Å². The molecule has 7 nitrogen and oxygen atoms in total. The first-order valence-electron chi connectivity index (χ1n) is 10.0. The maximum Gasteiger partial charge on any atom is 0.213 e. The van der Waals surface area contributed by atoms with E-state index in [0.717, 1.165) is 25.0 Å². The molecule has 0 radical (unpaired) electrons. The van der Waals surface area contributed by atoms with Crippen molar-refractivity contribution in [3.8, 4) is 0 Å². The van der Waals surface area contributed by atoms with Crippen LogP contribution in [0.4, 0.5) is 14.5 Å². The summed E-state index contributed by atoms with van der Waals surface area (Å²) in [7, 11) is -1.67. The monoisotopic (exact) mass is 557 g/mol. The Kier molecular flexibility index (Phi) is 9.54. The number of rotatable bonds is 7. The van der Waals surface area contributed by atoms with Gasteiger partial charge in [-0.2, -0.15) is 0 Å². The van der Waals surface area contributed by atoms with Crippen molar-refractivity contribution in [2.45, 2.75) is 19.3 Å². The predicted molar refractivity (Wildman–Crippen MR) is 126 cm³/mol. The number of benzene rings is 1. The van der Waals surface area contributed by atoms with Gasteiger partial charge in [0.1, 0.15) is 11.6 Å². The first kappa shape index (κ1) is 25.1. The largest absolute Gasteiger partial charge is 0.366 e. The summed E-state index contributed by atoms with van der Waals surface area (Å²) in [6.45, 7) is 2.95. The maximum absolute atomic E-state index is 14.0. The Hall–Kier alpha value is -1.21. The summed E-state index contributed by atoms with van der Waals surface area (Å²) in [5.74, 6) is 0.159. The van der Waals surface area contributed by atoms with E-state index in [1.807, 2.05) is 4.90 Å². The lowest BCUT2D eigenvalue weighted by molar-refractivity contribution is 0.316. The van der Waals surface area contributed by atoms with E-state index in [1.54, 1.807) is 11.9 Å². The number of piperazine rings is 1. The Morgan fingerprint density at radius 3 is 2.50 bits per heavy atom. The van der Waals surface area contributed by atoms with Gasteiger partial charge < -0.3 is 15.1 Å². The van der Waals surface area contributed by atoms with Crippen molar-refractivity contribution >= 4 is 45.6 Å². The van der Waals surface area contributed by atoms with Gasteiger partial charge in [0.05, 0.1) is 11.4 Å². The fourth-order valence-electron chi connectivity index (χ4n) is 3.53. The first-order valence-corrected chi connectivity index (χ1v) is 11.7. The van der Waals surface area contributed by atoms with Crippen LogP contribution in [0.3, 0.4) is 0 Å². The number of sulfonamides is 1. The molecule has 1 heterocycles. The minimum Gasteiger partial charge on any atom is -0.366 e. The quantitative estimate of drug-likeness (QED) is 0.305. The topological polar surface area (TPSA) is 77.0 Å². The van der Waals surface area contributed by atoms with Crippen LogP contribution < -0.4 is 14.9 Å². The summed E-state index contributed by atoms with van der Waals surface area (Å²) in [4.78, 5) is 8.01. The van der Waals surface area contributed by atoms with Crippen molar-refractivity contribution in [1.82, 2.24) is 14.9 Å². The highest BCUT2D eigenvalue weighted by atomic mass is 127. The smallest absolute Gasteiger partial charge is 0.213 e. The molecule has 1 aromatic carbocycles. The molecule has 0 unspecified atom stereocenters. The number of aliphatic imine (C=N–C) groups is 1. The van der Waals surface area contributed by atoms with Crippen LogP contribution in [0.2, 0.25) is 0 Å². The van der Waals surface area contributed by atoms with Crippen LogP contribution in [0.5, 0.6) is 0 Å². The highest BCUT2D eigenvalue weighted by molar-refractivity contribution is 14.0. The number of hydrogen-bond acceptors (Lipinski definition) is 4. The van der Waals surface area contributed by atoms with Gasteiger partial charge in [0, 0.05) is 52.4 Å². The molecule has 0 spiro atoms. The number of guanidine groups is 1. The van der Waals surface area contributed by atoms with Crippen LogP contribution >= 0.6 is 24.0 Å². The fraction of sp³-hybridized carbons (Fsp3) is 0.632. The van der Waals surface area contributed by atoms with Crippen molar-refractivity contribution in [3.05, 3.63) is 29.8 Å². The minimum atomic E-state index is -3.31. The molecule has 1 aliphatic carbocycles. The number of nitrogens with zero attached hydrogens (tertiary/aromatic N) is 3. The van der Waals surface area contributed by atoms with Crippen LogP contribution in [0, 0.1) is 17.6 Å². The van der Waals surface area contributed by atoms with Crippen LogP contribution in [-0.4, -0.2) is 71.3 Å². The Morgan fingerprint density at radius 1 is 1.20 bits per heavy atom. The first-order chi connectivity index (χ1) is 13.9. The minimum absolute atomic E-state index is 0. The van der Waals surface area contributed by atoms with Gasteiger partial charge in [-0.25, -0.2) is 21.9 Å². The molecular formula is C19H30F2IN5O2S. The summed E-state index contributed by atoms with van der Waals surface area (Å²) in [6.07, 6.45) is 3.38. The second kappa shape index (κ2) is 11.4. The number of nitrogens with one attached hydrogen (secondary N) is 2. The molecule has 170 valence electrons. The fourth-order valence-corrected chi connectivity index (χ4v) is 4.54. The summed E-state index contributed by atoms with van der Waals surface area (Å²) in [6, 6.07) is 3.45. The Balaban J connectivity index is 0.00000320. The summed E-state index contributed by atoms with van der Waals surface area (Å²) >= 11 is 0. The summed E-state index contributed by atoms with van der Waals surface area (Å²) in [5, 5.41) is 3.09. The molecule has 2 fully saturated rings. The summed E-state index contributed by atoms with van der Waals surface area (Å²) in [5.41, 5.74) is 0.260. The molecule has 1 aliphatic heterocycles. The van der Waals surface area contributed by atoms with Gasteiger partial charge in [-0.3, -0.25) is 4.99 Å². The van der Waals surface area contributed by atoms with Crippen LogP contribution in [0.25, 0.3) is 0 Å². The predicted octanol–water partition coefficient (Wildman–Crippen LogP) is 2.00. The molecule has 1 saturated heterocycles. The van der Waals surface area contributed by atoms with Crippen LogP contribution in [-0.2, 0) is 10.0 Å². The van der Waals surface area contributed by atoms with Gasteiger partial charge in [0.2, 0.25) is 10.0 Å². The molecule has 11 heteroatoms. The van der Waals surface area contributed by atoms with Gasteiger partial charge in [0.25, 0.3) is 0 Å². The molecule has 0 atom stereocenters. The van der Waals surface area contributed by atoms with E-state index in [2.05, 4.69) is 15.0 Å². The summed E-state index contributed by atoms with van der Waals surface area (Å²) < 4.78 is 54.3. The Bertz CT molecular complexity index is 828. The molecule has 30 heavy (non-hydrogen) atoms. The van der Waals surface area contributed by atoms with E-state index in [-0.39, 0.29) is 42.0 Å². The molecular weight excluding hydrogens is 527 g/mol. The molecule has 2 N–H and O–H groups in total. The third-order valence-electron chi connectivity index (χ3n) is 5.51. The molecule has 2 aliphatic rings. The molecule has 3 rings (SSSR count). The van der Waals surface area contributed by atoms with Crippen molar-refractivity contribution in [2.75, 3.05) is 57.0 Å². The van der Waals surface area contributed by atoms with Crippen molar-refractivity contribution in [1.29, 1.82) is 0 Å². The standard InChI is InChI=1S/C19H29F2N5O2S.HI/c1-22-19(23-7-12-29(27,28)24-14-15-3-2-4-15)26-10-8-25(9-11-26)18-13-16(20)5-6-17(18)21;/h5-6,13,15,24H,2-4,7-12,14H2,1H3,(H,22,23);1H. The maximum atomic E-state index is 14.0. The Labute approximate surface area is 194 Å². The average Bonchev–Trinajstić information content (AvgIpc) is 2.66. The Morgan fingerprint density at radius 2 is 1.90 bits per heavy atom. The molecule has 1 aromatic rings. The lowest BCUT2D eigenvalue weighted by Gasteiger charge is -2.37. The SMILES string of the molecule is CN=C(NCCS(=O)(=O)NCC1CCC1)N1CCN(c2cc(F)ccc2F)CC1.I. The molecule has 0 bridgehead atoms. The van der Waals surface area contributed by atoms with Gasteiger partial charge in [0.15, 0.2) is 5.96 Å². The number of anilines is 1. The lowest BCUT2D eigenvalue weighted by Crippen LogP contribution is -2.53. The third kappa shape index (κ3) is 6.91. The van der Waals surface area contributed by atoms with E-state index < -0.39 is 21.7 Å². The van der Waals surface area contributed by atoms with Gasteiger partial charge >= 0.3 is 0 Å². The normalized spacial score (nSPS) is 18.0. The zero-order valence-corrected chi connectivity index (χ0v) is 20.3. The van der Waals surface area contributed by atoms with Gasteiger partial charge in [-0.1, -0.05) is 6.42 Å². The molecule has 1 saturated carbocycles. The van der Waals surface area contributed by atoms with E-state index in [4.69, 9.17) is 0 Å². The average molecular weight is 557 g/mol. The van der Waals surface area contributed by atoms with Gasteiger partial charge in [-0.05, 0) is 30.9 Å². The van der Waals surface area contributed by atoms with Crippen LogP contribution in [0.1, 0.15) is 19.3 Å². The van der Waals surface area contributed by atoms with Gasteiger partial charge in [-0.15, -0.1) is 24.0 Å². The zero-order valence-electron chi connectivity index (χ0n) is 17.1. The second-order valence-electron chi connectivity index (χ2n) is 7.51.